The van der Waals surface area contributed by atoms with Gasteiger partial charge in [0.2, 0.25) is 11.9 Å². The van der Waals surface area contributed by atoms with Crippen LogP contribution in [-0.4, -0.2) is 32.2 Å². The summed E-state index contributed by atoms with van der Waals surface area (Å²) in [5.74, 6) is 0.609. The van der Waals surface area contributed by atoms with Crippen molar-refractivity contribution in [2.24, 2.45) is 5.73 Å². The minimum atomic E-state index is -0.522. The van der Waals surface area contributed by atoms with Gasteiger partial charge in [0.25, 0.3) is 0 Å². The summed E-state index contributed by atoms with van der Waals surface area (Å²) >= 11 is 0. The average Bonchev–Trinajstić information content (AvgIpc) is 3.21. The Morgan fingerprint density at radius 3 is 2.78 bits per heavy atom. The number of nitrogens with zero attached hydrogens (tertiary/aromatic N) is 3. The van der Waals surface area contributed by atoms with Crippen LogP contribution >= 0.6 is 0 Å². The SMILES string of the molecule is NC(=O)c1cccc2c1cc(CO)n2-c1nc2c(c(NCc3ccccc3)n1)COCC2. The smallest absolute Gasteiger partial charge is 0.249 e. The molecule has 1 aliphatic heterocycles. The number of nitrogens with two attached hydrogens (primary N) is 1. The average molecular weight is 429 g/mol. The number of nitrogens with one attached hydrogen (secondary N) is 1. The molecule has 162 valence electrons. The van der Waals surface area contributed by atoms with E-state index in [1.165, 1.54) is 0 Å². The van der Waals surface area contributed by atoms with Gasteiger partial charge in [0, 0.05) is 29.5 Å². The summed E-state index contributed by atoms with van der Waals surface area (Å²) in [5, 5.41) is 14.1. The molecule has 0 bridgehead atoms. The van der Waals surface area contributed by atoms with E-state index in [0.29, 0.717) is 60.1 Å². The first-order valence-corrected chi connectivity index (χ1v) is 10.5. The molecule has 0 fully saturated rings. The molecule has 0 spiro atoms. The summed E-state index contributed by atoms with van der Waals surface area (Å²) in [4.78, 5) is 21.5. The minimum absolute atomic E-state index is 0.233. The fourth-order valence-electron chi connectivity index (χ4n) is 4.10. The molecule has 1 amide bonds. The normalized spacial score (nSPS) is 13.2. The van der Waals surface area contributed by atoms with Crippen LogP contribution in [0, 0.1) is 0 Å². The number of hydrogen-bond acceptors (Lipinski definition) is 6. The van der Waals surface area contributed by atoms with Crippen molar-refractivity contribution in [3.8, 4) is 5.95 Å². The minimum Gasteiger partial charge on any atom is -0.390 e. The maximum absolute atomic E-state index is 11.9. The first kappa shape index (κ1) is 20.2. The summed E-state index contributed by atoms with van der Waals surface area (Å²) in [6.07, 6.45) is 0.672. The maximum Gasteiger partial charge on any atom is 0.249 e. The number of aliphatic hydroxyl groups is 1. The number of anilines is 1. The van der Waals surface area contributed by atoms with Crippen LogP contribution in [0.4, 0.5) is 5.82 Å². The van der Waals surface area contributed by atoms with Crippen LogP contribution < -0.4 is 11.1 Å². The van der Waals surface area contributed by atoms with E-state index in [-0.39, 0.29) is 6.61 Å². The van der Waals surface area contributed by atoms with Gasteiger partial charge in [-0.1, -0.05) is 36.4 Å². The predicted molar refractivity (Wildman–Crippen MR) is 120 cm³/mol. The third-order valence-electron chi connectivity index (χ3n) is 5.66. The number of aliphatic hydroxyl groups excluding tert-OH is 1. The van der Waals surface area contributed by atoms with Gasteiger partial charge in [-0.05, 0) is 23.8 Å². The second kappa shape index (κ2) is 8.41. The zero-order chi connectivity index (χ0) is 22.1. The van der Waals surface area contributed by atoms with Gasteiger partial charge >= 0.3 is 0 Å². The Labute approximate surface area is 184 Å². The molecule has 0 saturated carbocycles. The summed E-state index contributed by atoms with van der Waals surface area (Å²) in [6.45, 7) is 1.41. The van der Waals surface area contributed by atoms with E-state index in [0.717, 1.165) is 16.8 Å². The molecule has 8 heteroatoms. The highest BCUT2D eigenvalue weighted by Crippen LogP contribution is 2.29. The van der Waals surface area contributed by atoms with Crippen LogP contribution in [0.3, 0.4) is 0 Å². The number of primary amides is 1. The predicted octanol–water partition coefficient (Wildman–Crippen LogP) is 2.70. The van der Waals surface area contributed by atoms with Crippen molar-refractivity contribution in [1.29, 1.82) is 0 Å². The topological polar surface area (TPSA) is 115 Å². The van der Waals surface area contributed by atoms with Crippen molar-refractivity contribution in [1.82, 2.24) is 14.5 Å². The first-order valence-electron chi connectivity index (χ1n) is 10.5. The van der Waals surface area contributed by atoms with Crippen LogP contribution in [0.25, 0.3) is 16.9 Å². The first-order chi connectivity index (χ1) is 15.7. The van der Waals surface area contributed by atoms with Crippen molar-refractivity contribution in [3.63, 3.8) is 0 Å². The van der Waals surface area contributed by atoms with Crippen molar-refractivity contribution in [3.05, 3.63) is 82.7 Å². The van der Waals surface area contributed by atoms with Crippen molar-refractivity contribution < 1.29 is 14.6 Å². The Hall–Kier alpha value is -3.75. The molecule has 0 unspecified atom stereocenters. The summed E-state index contributed by atoms with van der Waals surface area (Å²) in [7, 11) is 0. The Bertz CT molecular complexity index is 1300. The molecule has 8 nitrogen and oxygen atoms in total. The lowest BCUT2D eigenvalue weighted by molar-refractivity contribution is 0.100. The van der Waals surface area contributed by atoms with Gasteiger partial charge in [0.1, 0.15) is 5.82 Å². The molecule has 1 aliphatic rings. The van der Waals surface area contributed by atoms with Gasteiger partial charge in [-0.3, -0.25) is 9.36 Å². The van der Waals surface area contributed by atoms with E-state index in [1.807, 2.05) is 36.4 Å². The molecule has 2 aromatic heterocycles. The molecule has 32 heavy (non-hydrogen) atoms. The molecule has 0 aliphatic carbocycles. The highest BCUT2D eigenvalue weighted by molar-refractivity contribution is 6.06. The van der Waals surface area contributed by atoms with Gasteiger partial charge in [-0.25, -0.2) is 4.98 Å². The standard InChI is InChI=1S/C24H23N5O3/c25-22(31)17-7-4-8-21-18(17)11-16(13-30)29(21)24-27-20-9-10-32-14-19(20)23(28-24)26-12-15-5-2-1-3-6-15/h1-8,11,30H,9-10,12-14H2,(H2,25,31)(H,26,27,28). The zero-order valence-corrected chi connectivity index (χ0v) is 17.4. The Morgan fingerprint density at radius 2 is 2.00 bits per heavy atom. The van der Waals surface area contributed by atoms with E-state index in [4.69, 9.17) is 20.4 Å². The van der Waals surface area contributed by atoms with E-state index in [9.17, 15) is 9.90 Å². The second-order valence-corrected chi connectivity index (χ2v) is 7.67. The van der Waals surface area contributed by atoms with Crippen molar-refractivity contribution in [2.75, 3.05) is 11.9 Å². The summed E-state index contributed by atoms with van der Waals surface area (Å²) in [6, 6.07) is 17.1. The Morgan fingerprint density at radius 1 is 1.16 bits per heavy atom. The second-order valence-electron chi connectivity index (χ2n) is 7.67. The Balaban J connectivity index is 1.64. The fourth-order valence-corrected chi connectivity index (χ4v) is 4.10. The molecule has 2 aromatic carbocycles. The molecule has 0 atom stereocenters. The van der Waals surface area contributed by atoms with Gasteiger partial charge in [0.05, 0.1) is 36.7 Å². The van der Waals surface area contributed by atoms with E-state index < -0.39 is 5.91 Å². The van der Waals surface area contributed by atoms with Crippen LogP contribution in [0.5, 0.6) is 0 Å². The van der Waals surface area contributed by atoms with Gasteiger partial charge < -0.3 is 20.9 Å². The third-order valence-corrected chi connectivity index (χ3v) is 5.66. The monoisotopic (exact) mass is 429 g/mol. The molecule has 3 heterocycles. The van der Waals surface area contributed by atoms with Crippen LogP contribution in [0.1, 0.15) is 32.9 Å². The van der Waals surface area contributed by atoms with Gasteiger partial charge in [0.15, 0.2) is 0 Å². The lowest BCUT2D eigenvalue weighted by Crippen LogP contribution is -2.19. The molecular weight excluding hydrogens is 406 g/mol. The van der Waals surface area contributed by atoms with Crippen molar-refractivity contribution >= 4 is 22.6 Å². The number of aromatic nitrogens is 3. The highest BCUT2D eigenvalue weighted by Gasteiger charge is 2.22. The summed E-state index contributed by atoms with van der Waals surface area (Å²) in [5.41, 5.74) is 10.2. The summed E-state index contributed by atoms with van der Waals surface area (Å²) < 4.78 is 7.44. The number of rotatable bonds is 6. The molecule has 0 saturated heterocycles. The van der Waals surface area contributed by atoms with Gasteiger partial charge in [-0.15, -0.1) is 0 Å². The number of hydrogen-bond donors (Lipinski definition) is 3. The maximum atomic E-state index is 11.9. The molecule has 4 N–H and O–H groups in total. The largest absolute Gasteiger partial charge is 0.390 e. The lowest BCUT2D eigenvalue weighted by atomic mass is 10.1. The molecular formula is C24H23N5O3. The van der Waals surface area contributed by atoms with E-state index >= 15 is 0 Å². The highest BCUT2D eigenvalue weighted by atomic mass is 16.5. The van der Waals surface area contributed by atoms with Crippen LogP contribution in [0.2, 0.25) is 0 Å². The van der Waals surface area contributed by atoms with E-state index in [1.54, 1.807) is 22.8 Å². The van der Waals surface area contributed by atoms with Gasteiger partial charge in [-0.2, -0.15) is 4.98 Å². The number of carbonyl (C=O) groups excluding carboxylic acids is 1. The number of fused-ring (bicyclic) bond motifs is 2. The number of benzene rings is 2. The number of ether oxygens (including phenoxy) is 1. The lowest BCUT2D eigenvalue weighted by Gasteiger charge is -2.21. The molecule has 5 rings (SSSR count). The number of amides is 1. The third kappa shape index (κ3) is 3.59. The van der Waals surface area contributed by atoms with Crippen molar-refractivity contribution in [2.45, 2.75) is 26.2 Å². The quantitative estimate of drug-likeness (QED) is 0.434. The fraction of sp³-hybridized carbons (Fsp3) is 0.208. The van der Waals surface area contributed by atoms with Crippen LogP contribution in [0.15, 0.2) is 54.6 Å². The zero-order valence-electron chi connectivity index (χ0n) is 17.4. The van der Waals surface area contributed by atoms with E-state index in [2.05, 4.69) is 5.32 Å². The Kier molecular flexibility index (Phi) is 5.30. The molecule has 0 radical (unpaired) electrons. The molecule has 4 aromatic rings. The van der Waals surface area contributed by atoms with Crippen LogP contribution in [-0.2, 0) is 30.9 Å². The number of carbonyl (C=O) groups is 1.